The van der Waals surface area contributed by atoms with Gasteiger partial charge in [-0.15, -0.1) is 0 Å². The Bertz CT molecular complexity index is 444. The SMILES string of the molecule is CCNCCS(=O)(=O)Nc1ccccc1CC. The summed E-state index contributed by atoms with van der Waals surface area (Å²) in [5, 5.41) is 3.00. The van der Waals surface area contributed by atoms with E-state index < -0.39 is 10.0 Å². The standard InChI is InChI=1S/C12H20N2O2S/c1-3-11-7-5-6-8-12(11)14-17(15,16)10-9-13-4-2/h5-8,13-14H,3-4,9-10H2,1-2H3. The first-order valence-electron chi connectivity index (χ1n) is 5.88. The first-order valence-corrected chi connectivity index (χ1v) is 7.53. The maximum Gasteiger partial charge on any atom is 0.233 e. The number of anilines is 1. The molecule has 5 heteroatoms. The molecule has 1 rings (SSSR count). The van der Waals surface area contributed by atoms with Gasteiger partial charge in [-0.25, -0.2) is 8.42 Å². The monoisotopic (exact) mass is 256 g/mol. The maximum absolute atomic E-state index is 11.8. The molecule has 96 valence electrons. The van der Waals surface area contributed by atoms with E-state index in [2.05, 4.69) is 10.0 Å². The highest BCUT2D eigenvalue weighted by Gasteiger charge is 2.11. The fourth-order valence-electron chi connectivity index (χ4n) is 1.53. The van der Waals surface area contributed by atoms with E-state index in [0.717, 1.165) is 18.5 Å². The number of rotatable bonds is 7. The van der Waals surface area contributed by atoms with Gasteiger partial charge in [0.15, 0.2) is 0 Å². The second-order valence-electron chi connectivity index (χ2n) is 3.79. The first-order chi connectivity index (χ1) is 8.09. The van der Waals surface area contributed by atoms with E-state index >= 15 is 0 Å². The summed E-state index contributed by atoms with van der Waals surface area (Å²) in [5.74, 6) is 0.0961. The van der Waals surface area contributed by atoms with Gasteiger partial charge in [-0.05, 0) is 24.6 Å². The van der Waals surface area contributed by atoms with Gasteiger partial charge in [0.05, 0.1) is 11.4 Å². The van der Waals surface area contributed by atoms with Crippen LogP contribution in [-0.2, 0) is 16.4 Å². The number of hydrogen-bond acceptors (Lipinski definition) is 3. The third-order valence-corrected chi connectivity index (χ3v) is 3.73. The number of para-hydroxylation sites is 1. The summed E-state index contributed by atoms with van der Waals surface area (Å²) in [6.45, 7) is 5.21. The fraction of sp³-hybridized carbons (Fsp3) is 0.500. The van der Waals surface area contributed by atoms with E-state index in [1.807, 2.05) is 32.0 Å². The van der Waals surface area contributed by atoms with Gasteiger partial charge < -0.3 is 5.32 Å². The van der Waals surface area contributed by atoms with Gasteiger partial charge in [0.2, 0.25) is 10.0 Å². The Labute approximate surface area is 103 Å². The zero-order chi connectivity index (χ0) is 12.7. The van der Waals surface area contributed by atoms with Crippen molar-refractivity contribution >= 4 is 15.7 Å². The Hall–Kier alpha value is -1.07. The van der Waals surface area contributed by atoms with Gasteiger partial charge in [0.1, 0.15) is 0 Å². The second-order valence-corrected chi connectivity index (χ2v) is 5.63. The number of aryl methyl sites for hydroxylation is 1. The lowest BCUT2D eigenvalue weighted by molar-refractivity contribution is 0.597. The minimum atomic E-state index is -3.25. The summed E-state index contributed by atoms with van der Waals surface area (Å²) >= 11 is 0. The van der Waals surface area contributed by atoms with Gasteiger partial charge in [0, 0.05) is 6.54 Å². The largest absolute Gasteiger partial charge is 0.316 e. The number of hydrogen-bond donors (Lipinski definition) is 2. The molecular weight excluding hydrogens is 236 g/mol. The van der Waals surface area contributed by atoms with Crippen LogP contribution in [0.2, 0.25) is 0 Å². The first kappa shape index (κ1) is 14.0. The van der Waals surface area contributed by atoms with Crippen molar-refractivity contribution < 1.29 is 8.42 Å². The summed E-state index contributed by atoms with van der Waals surface area (Å²) in [6.07, 6.45) is 0.811. The molecule has 0 unspecified atom stereocenters. The quantitative estimate of drug-likeness (QED) is 0.729. The van der Waals surface area contributed by atoms with Crippen molar-refractivity contribution in [3.8, 4) is 0 Å². The summed E-state index contributed by atoms with van der Waals surface area (Å²) < 4.78 is 26.2. The molecule has 1 aromatic rings. The fourth-order valence-corrected chi connectivity index (χ4v) is 2.58. The van der Waals surface area contributed by atoms with Crippen LogP contribution in [0.15, 0.2) is 24.3 Å². The van der Waals surface area contributed by atoms with Crippen molar-refractivity contribution in [3.63, 3.8) is 0 Å². The molecule has 0 aromatic heterocycles. The van der Waals surface area contributed by atoms with E-state index in [1.54, 1.807) is 6.07 Å². The molecule has 0 bridgehead atoms. The molecule has 0 aliphatic rings. The molecule has 0 spiro atoms. The Balaban J connectivity index is 2.69. The molecule has 0 fully saturated rings. The summed E-state index contributed by atoms with van der Waals surface area (Å²) in [7, 11) is -3.25. The summed E-state index contributed by atoms with van der Waals surface area (Å²) in [5.41, 5.74) is 1.70. The van der Waals surface area contributed by atoms with Crippen LogP contribution in [0.1, 0.15) is 19.4 Å². The Morgan fingerprint density at radius 3 is 2.53 bits per heavy atom. The number of sulfonamides is 1. The van der Waals surface area contributed by atoms with Crippen molar-refractivity contribution in [1.29, 1.82) is 0 Å². The minimum Gasteiger partial charge on any atom is -0.316 e. The second kappa shape index (κ2) is 6.61. The van der Waals surface area contributed by atoms with Gasteiger partial charge in [-0.2, -0.15) is 0 Å². The molecule has 1 aromatic carbocycles. The van der Waals surface area contributed by atoms with Crippen LogP contribution in [0.4, 0.5) is 5.69 Å². The van der Waals surface area contributed by atoms with Crippen molar-refractivity contribution in [2.24, 2.45) is 0 Å². The third-order valence-electron chi connectivity index (χ3n) is 2.46. The average molecular weight is 256 g/mol. The molecule has 4 nitrogen and oxygen atoms in total. The summed E-state index contributed by atoms with van der Waals surface area (Å²) in [4.78, 5) is 0. The third kappa shape index (κ3) is 4.75. The summed E-state index contributed by atoms with van der Waals surface area (Å²) in [6, 6.07) is 7.47. The van der Waals surface area contributed by atoms with Crippen molar-refractivity contribution in [2.75, 3.05) is 23.6 Å². The number of nitrogens with one attached hydrogen (secondary N) is 2. The van der Waals surface area contributed by atoms with Gasteiger partial charge in [-0.3, -0.25) is 4.72 Å². The van der Waals surface area contributed by atoms with Crippen molar-refractivity contribution in [2.45, 2.75) is 20.3 Å². The van der Waals surface area contributed by atoms with Crippen LogP contribution in [-0.4, -0.2) is 27.3 Å². The zero-order valence-corrected chi connectivity index (χ0v) is 11.2. The molecule has 0 radical (unpaired) electrons. The molecule has 17 heavy (non-hydrogen) atoms. The minimum absolute atomic E-state index is 0.0961. The molecular formula is C12H20N2O2S. The highest BCUT2D eigenvalue weighted by atomic mass is 32.2. The van der Waals surface area contributed by atoms with Crippen LogP contribution in [0.25, 0.3) is 0 Å². The maximum atomic E-state index is 11.8. The lowest BCUT2D eigenvalue weighted by Gasteiger charge is -2.11. The Morgan fingerprint density at radius 2 is 1.88 bits per heavy atom. The van der Waals surface area contributed by atoms with Gasteiger partial charge in [-0.1, -0.05) is 32.0 Å². The van der Waals surface area contributed by atoms with Crippen molar-refractivity contribution in [1.82, 2.24) is 5.32 Å². The highest BCUT2D eigenvalue weighted by molar-refractivity contribution is 7.92. The van der Waals surface area contributed by atoms with E-state index in [4.69, 9.17) is 0 Å². The Kier molecular flexibility index (Phi) is 5.44. The predicted molar refractivity (Wildman–Crippen MR) is 71.8 cm³/mol. The molecule has 0 heterocycles. The van der Waals surface area contributed by atoms with Crippen LogP contribution in [0, 0.1) is 0 Å². The molecule has 0 saturated carbocycles. The lowest BCUT2D eigenvalue weighted by Crippen LogP contribution is -2.26. The predicted octanol–water partition coefficient (Wildman–Crippen LogP) is 1.60. The van der Waals surface area contributed by atoms with Crippen LogP contribution in [0.5, 0.6) is 0 Å². The van der Waals surface area contributed by atoms with Crippen LogP contribution >= 0.6 is 0 Å². The highest BCUT2D eigenvalue weighted by Crippen LogP contribution is 2.16. The molecule has 0 atom stereocenters. The van der Waals surface area contributed by atoms with Crippen molar-refractivity contribution in [3.05, 3.63) is 29.8 Å². The van der Waals surface area contributed by atoms with E-state index in [1.165, 1.54) is 0 Å². The van der Waals surface area contributed by atoms with E-state index in [-0.39, 0.29) is 5.75 Å². The Morgan fingerprint density at radius 1 is 1.18 bits per heavy atom. The normalized spacial score (nSPS) is 11.4. The smallest absolute Gasteiger partial charge is 0.233 e. The average Bonchev–Trinajstić information content (AvgIpc) is 2.29. The van der Waals surface area contributed by atoms with Gasteiger partial charge >= 0.3 is 0 Å². The zero-order valence-electron chi connectivity index (χ0n) is 10.4. The van der Waals surface area contributed by atoms with Gasteiger partial charge in [0.25, 0.3) is 0 Å². The molecule has 0 aliphatic heterocycles. The van der Waals surface area contributed by atoms with E-state index in [9.17, 15) is 8.42 Å². The lowest BCUT2D eigenvalue weighted by atomic mass is 10.1. The molecule has 2 N–H and O–H groups in total. The number of benzene rings is 1. The van der Waals surface area contributed by atoms with E-state index in [0.29, 0.717) is 12.2 Å². The molecule has 0 amide bonds. The van der Waals surface area contributed by atoms with Crippen LogP contribution < -0.4 is 10.0 Å². The molecule has 0 saturated heterocycles. The topological polar surface area (TPSA) is 58.2 Å². The molecule has 0 aliphatic carbocycles. The van der Waals surface area contributed by atoms with Crippen LogP contribution in [0.3, 0.4) is 0 Å².